The van der Waals surface area contributed by atoms with Gasteiger partial charge in [-0.3, -0.25) is 0 Å². The Hall–Kier alpha value is -8.00. The van der Waals surface area contributed by atoms with Crippen molar-refractivity contribution in [3.63, 3.8) is 0 Å². The highest BCUT2D eigenvalue weighted by molar-refractivity contribution is 6.08. The van der Waals surface area contributed by atoms with E-state index in [1.54, 1.807) is 0 Å². The second kappa shape index (κ2) is 15.6. The van der Waals surface area contributed by atoms with Crippen molar-refractivity contribution < 1.29 is 0 Å². The first kappa shape index (κ1) is 36.1. The molecule has 0 radical (unpaired) electrons. The fraction of sp³-hybridized carbons (Fsp3) is 0. The summed E-state index contributed by atoms with van der Waals surface area (Å²) < 4.78 is 0. The summed E-state index contributed by atoms with van der Waals surface area (Å²) in [5, 5.41) is 7.56. The second-order valence-electron chi connectivity index (χ2n) is 15.7. The number of benzene rings is 11. The molecule has 1 nitrogen and oxygen atoms in total. The zero-order valence-corrected chi connectivity index (χ0v) is 33.6. The van der Waals surface area contributed by atoms with E-state index in [1.165, 1.54) is 88.0 Å². The molecular formula is C60H41N. The molecule has 61 heavy (non-hydrogen) atoms. The van der Waals surface area contributed by atoms with E-state index in [9.17, 15) is 0 Å². The number of anilines is 3. The maximum Gasteiger partial charge on any atom is 0.0546 e. The molecule has 11 aromatic carbocycles. The van der Waals surface area contributed by atoms with Crippen LogP contribution in [0.25, 0.3) is 88.0 Å². The van der Waals surface area contributed by atoms with Crippen molar-refractivity contribution in [1.29, 1.82) is 0 Å². The van der Waals surface area contributed by atoms with Gasteiger partial charge in [0, 0.05) is 16.9 Å². The Morgan fingerprint density at radius 3 is 1.41 bits per heavy atom. The Kier molecular flexibility index (Phi) is 9.26. The molecular weight excluding hydrogens is 735 g/mol. The van der Waals surface area contributed by atoms with Crippen molar-refractivity contribution in [3.8, 4) is 55.6 Å². The molecule has 0 aliphatic heterocycles. The van der Waals surface area contributed by atoms with Gasteiger partial charge in [0.15, 0.2) is 0 Å². The van der Waals surface area contributed by atoms with Crippen molar-refractivity contribution in [2.75, 3.05) is 4.90 Å². The number of nitrogens with zero attached hydrogens (tertiary/aromatic N) is 1. The highest BCUT2D eigenvalue weighted by Gasteiger charge is 2.23. The molecule has 286 valence electrons. The Morgan fingerprint density at radius 1 is 0.230 bits per heavy atom. The lowest BCUT2D eigenvalue weighted by Gasteiger charge is -2.30. The lowest BCUT2D eigenvalue weighted by molar-refractivity contribution is 1.28. The number of fused-ring (bicyclic) bond motifs is 4. The minimum atomic E-state index is 1.08. The summed E-state index contributed by atoms with van der Waals surface area (Å²) in [4.78, 5) is 2.44. The van der Waals surface area contributed by atoms with Crippen LogP contribution in [0.15, 0.2) is 249 Å². The maximum absolute atomic E-state index is 2.44. The highest BCUT2D eigenvalue weighted by Crippen LogP contribution is 2.48. The van der Waals surface area contributed by atoms with Crippen LogP contribution < -0.4 is 4.90 Å². The molecule has 0 bridgehead atoms. The fourth-order valence-electron chi connectivity index (χ4n) is 9.13. The number of hydrogen-bond acceptors (Lipinski definition) is 1. The normalized spacial score (nSPS) is 11.3. The molecule has 0 heterocycles. The topological polar surface area (TPSA) is 3.24 Å². The number of hydrogen-bond donors (Lipinski definition) is 0. The van der Waals surface area contributed by atoms with Crippen molar-refractivity contribution >= 4 is 49.4 Å². The van der Waals surface area contributed by atoms with Crippen molar-refractivity contribution in [3.05, 3.63) is 249 Å². The summed E-state index contributed by atoms with van der Waals surface area (Å²) >= 11 is 0. The minimum absolute atomic E-state index is 1.08. The molecule has 0 aliphatic rings. The Balaban J connectivity index is 1.10. The van der Waals surface area contributed by atoms with Gasteiger partial charge in [-0.1, -0.05) is 212 Å². The van der Waals surface area contributed by atoms with E-state index in [4.69, 9.17) is 0 Å². The minimum Gasteiger partial charge on any atom is -0.310 e. The molecule has 0 aromatic heterocycles. The van der Waals surface area contributed by atoms with Crippen molar-refractivity contribution in [1.82, 2.24) is 0 Å². The van der Waals surface area contributed by atoms with E-state index in [0.29, 0.717) is 0 Å². The Bertz CT molecular complexity index is 3330. The second-order valence-corrected chi connectivity index (χ2v) is 15.7. The van der Waals surface area contributed by atoms with E-state index < -0.39 is 0 Å². The molecule has 0 saturated carbocycles. The van der Waals surface area contributed by atoms with Crippen LogP contribution in [0.3, 0.4) is 0 Å². The predicted molar refractivity (Wildman–Crippen MR) is 261 cm³/mol. The molecule has 0 spiro atoms. The fourth-order valence-corrected chi connectivity index (χ4v) is 9.13. The summed E-state index contributed by atoms with van der Waals surface area (Å²) in [6, 6.07) is 90.5. The third kappa shape index (κ3) is 6.73. The van der Waals surface area contributed by atoms with E-state index in [1.807, 2.05) is 0 Å². The van der Waals surface area contributed by atoms with Crippen molar-refractivity contribution in [2.45, 2.75) is 0 Å². The molecule has 1 heteroatoms. The lowest BCUT2D eigenvalue weighted by atomic mass is 9.87. The zero-order chi connectivity index (χ0) is 40.5. The van der Waals surface area contributed by atoms with Gasteiger partial charge >= 0.3 is 0 Å². The van der Waals surface area contributed by atoms with Crippen LogP contribution in [0.5, 0.6) is 0 Å². The summed E-state index contributed by atoms with van der Waals surface area (Å²) in [7, 11) is 0. The van der Waals surface area contributed by atoms with Crippen LogP contribution in [-0.4, -0.2) is 0 Å². The standard InChI is InChI=1S/C60H41N/c1-3-15-43(16-4-1)55-24-11-12-25-58(55)60-57(45-17-5-2-6-18-45)27-14-28-59(60)61(51-38-33-47(34-39-51)54-26-13-21-44-19-7-9-22-52(44)54)50-36-31-42(32-37-50)48-35-40-56-49(41-48)30-29-46-20-8-10-23-53(46)56/h1-41H. The van der Waals surface area contributed by atoms with E-state index in [2.05, 4.69) is 254 Å². The van der Waals surface area contributed by atoms with Gasteiger partial charge < -0.3 is 4.90 Å². The molecule has 0 unspecified atom stereocenters. The SMILES string of the molecule is c1ccc(-c2ccccc2-c2c(-c3ccccc3)cccc2N(c2ccc(-c3ccc4c(ccc5ccccc54)c3)cc2)c2ccc(-c3cccc4ccccc34)cc2)cc1. The first-order valence-corrected chi connectivity index (χ1v) is 21.0. The van der Waals surface area contributed by atoms with Crippen LogP contribution in [0.4, 0.5) is 17.1 Å². The molecule has 0 amide bonds. The number of rotatable bonds is 8. The van der Waals surface area contributed by atoms with Gasteiger partial charge in [0.05, 0.1) is 5.69 Å². The first-order valence-electron chi connectivity index (χ1n) is 21.0. The van der Waals surface area contributed by atoms with Gasteiger partial charge in [0.2, 0.25) is 0 Å². The molecule has 11 rings (SSSR count). The van der Waals surface area contributed by atoms with Crippen LogP contribution in [-0.2, 0) is 0 Å². The lowest BCUT2D eigenvalue weighted by Crippen LogP contribution is -2.12. The summed E-state index contributed by atoms with van der Waals surface area (Å²) in [5.41, 5.74) is 15.2. The van der Waals surface area contributed by atoms with Gasteiger partial charge in [-0.05, 0) is 119 Å². The van der Waals surface area contributed by atoms with Crippen LogP contribution in [0, 0.1) is 0 Å². The van der Waals surface area contributed by atoms with Gasteiger partial charge in [0.1, 0.15) is 0 Å². The molecule has 0 N–H and O–H groups in total. The molecule has 0 atom stereocenters. The average Bonchev–Trinajstić information content (AvgIpc) is 3.34. The van der Waals surface area contributed by atoms with Gasteiger partial charge in [-0.25, -0.2) is 0 Å². The van der Waals surface area contributed by atoms with Crippen LogP contribution >= 0.6 is 0 Å². The van der Waals surface area contributed by atoms with Gasteiger partial charge in [-0.2, -0.15) is 0 Å². The average molecular weight is 776 g/mol. The monoisotopic (exact) mass is 775 g/mol. The third-order valence-corrected chi connectivity index (χ3v) is 12.1. The summed E-state index contributed by atoms with van der Waals surface area (Å²) in [6.07, 6.45) is 0. The van der Waals surface area contributed by atoms with E-state index in [-0.39, 0.29) is 0 Å². The Morgan fingerprint density at radius 2 is 0.689 bits per heavy atom. The maximum atomic E-state index is 2.44. The largest absolute Gasteiger partial charge is 0.310 e. The third-order valence-electron chi connectivity index (χ3n) is 12.1. The predicted octanol–water partition coefficient (Wildman–Crippen LogP) is 17.0. The molecule has 0 saturated heterocycles. The molecule has 11 aromatic rings. The molecule has 0 fully saturated rings. The first-order chi connectivity index (χ1) is 30.3. The van der Waals surface area contributed by atoms with Crippen molar-refractivity contribution in [2.24, 2.45) is 0 Å². The van der Waals surface area contributed by atoms with Crippen LogP contribution in [0.2, 0.25) is 0 Å². The quantitative estimate of drug-likeness (QED) is 0.139. The highest BCUT2D eigenvalue weighted by atomic mass is 15.1. The zero-order valence-electron chi connectivity index (χ0n) is 33.6. The van der Waals surface area contributed by atoms with Crippen LogP contribution in [0.1, 0.15) is 0 Å². The smallest absolute Gasteiger partial charge is 0.0546 e. The van der Waals surface area contributed by atoms with E-state index >= 15 is 0 Å². The summed E-state index contributed by atoms with van der Waals surface area (Å²) in [6.45, 7) is 0. The molecule has 0 aliphatic carbocycles. The van der Waals surface area contributed by atoms with Gasteiger partial charge in [-0.15, -0.1) is 0 Å². The van der Waals surface area contributed by atoms with E-state index in [0.717, 1.165) is 17.1 Å². The van der Waals surface area contributed by atoms with Gasteiger partial charge in [0.25, 0.3) is 0 Å². The Labute approximate surface area is 357 Å². The summed E-state index contributed by atoms with van der Waals surface area (Å²) in [5.74, 6) is 0.